The van der Waals surface area contributed by atoms with Crippen molar-refractivity contribution in [1.82, 2.24) is 5.32 Å². The van der Waals surface area contributed by atoms with E-state index in [1.807, 2.05) is 0 Å². The second kappa shape index (κ2) is 13.3. The minimum absolute atomic E-state index is 0.0681. The highest BCUT2D eigenvalue weighted by molar-refractivity contribution is 5.76. The summed E-state index contributed by atoms with van der Waals surface area (Å²) in [6.45, 7) is 5.12. The first kappa shape index (κ1) is 21.0. The lowest BCUT2D eigenvalue weighted by molar-refractivity contribution is -0.150. The molecule has 0 atom stereocenters. The molecule has 1 amide bonds. The number of hydrogen-bond acceptors (Lipinski definition) is 3. The Balaban J connectivity index is 2.03. The van der Waals surface area contributed by atoms with Gasteiger partial charge in [0.25, 0.3) is 0 Å². The lowest BCUT2D eigenvalue weighted by atomic mass is 9.80. The van der Waals surface area contributed by atoms with Crippen molar-refractivity contribution in [2.75, 3.05) is 13.2 Å². The Morgan fingerprint density at radius 2 is 1.67 bits per heavy atom. The quantitative estimate of drug-likeness (QED) is 0.417. The molecule has 24 heavy (non-hydrogen) atoms. The smallest absolute Gasteiger partial charge is 0.308 e. The van der Waals surface area contributed by atoms with Crippen molar-refractivity contribution in [3.8, 4) is 0 Å². The standard InChI is InChI=1S/C20H37NO3/c1-3-5-7-8-10-19(22)21-15-16-24-20(23)18-13-11-17(12-14-18)9-6-4-2/h17-18H,3-16H2,1-2H3,(H,21,22). The van der Waals surface area contributed by atoms with Gasteiger partial charge >= 0.3 is 5.97 Å². The zero-order valence-corrected chi connectivity index (χ0v) is 15.8. The minimum Gasteiger partial charge on any atom is -0.464 e. The molecule has 1 N–H and O–H groups in total. The Hall–Kier alpha value is -1.06. The Kier molecular flexibility index (Phi) is 11.6. The number of esters is 1. The van der Waals surface area contributed by atoms with E-state index in [4.69, 9.17) is 4.74 Å². The molecular weight excluding hydrogens is 302 g/mol. The molecule has 1 aliphatic carbocycles. The van der Waals surface area contributed by atoms with E-state index in [1.54, 1.807) is 0 Å². The number of nitrogens with one attached hydrogen (secondary N) is 1. The van der Waals surface area contributed by atoms with E-state index in [-0.39, 0.29) is 17.8 Å². The Labute approximate surface area is 148 Å². The van der Waals surface area contributed by atoms with Gasteiger partial charge in [-0.3, -0.25) is 9.59 Å². The third-order valence-corrected chi connectivity index (χ3v) is 5.07. The highest BCUT2D eigenvalue weighted by atomic mass is 16.5. The van der Waals surface area contributed by atoms with Crippen molar-refractivity contribution in [3.05, 3.63) is 0 Å². The molecule has 1 aliphatic rings. The van der Waals surface area contributed by atoms with Crippen LogP contribution in [0.4, 0.5) is 0 Å². The first-order chi connectivity index (χ1) is 11.7. The number of rotatable bonds is 12. The van der Waals surface area contributed by atoms with Crippen LogP contribution in [-0.4, -0.2) is 25.0 Å². The summed E-state index contributed by atoms with van der Waals surface area (Å²) in [5.74, 6) is 0.883. The van der Waals surface area contributed by atoms with E-state index < -0.39 is 0 Å². The van der Waals surface area contributed by atoms with Crippen molar-refractivity contribution >= 4 is 11.9 Å². The average molecular weight is 340 g/mol. The van der Waals surface area contributed by atoms with Crippen LogP contribution in [0.5, 0.6) is 0 Å². The normalized spacial score (nSPS) is 20.6. The third kappa shape index (κ3) is 9.29. The van der Waals surface area contributed by atoms with Crippen LogP contribution in [0.3, 0.4) is 0 Å². The average Bonchev–Trinajstić information content (AvgIpc) is 2.61. The molecule has 140 valence electrons. The Bertz CT molecular complexity index is 349. The lowest BCUT2D eigenvalue weighted by Crippen LogP contribution is -2.30. The van der Waals surface area contributed by atoms with Gasteiger partial charge in [0.15, 0.2) is 0 Å². The van der Waals surface area contributed by atoms with Gasteiger partial charge in [-0.1, -0.05) is 52.4 Å². The van der Waals surface area contributed by atoms with E-state index in [0.29, 0.717) is 19.6 Å². The maximum Gasteiger partial charge on any atom is 0.308 e. The summed E-state index contributed by atoms with van der Waals surface area (Å²) in [7, 11) is 0. The highest BCUT2D eigenvalue weighted by Gasteiger charge is 2.26. The van der Waals surface area contributed by atoms with Gasteiger partial charge in [0, 0.05) is 6.42 Å². The van der Waals surface area contributed by atoms with Crippen LogP contribution < -0.4 is 5.32 Å². The molecule has 0 saturated heterocycles. The van der Waals surface area contributed by atoms with Gasteiger partial charge in [-0.2, -0.15) is 0 Å². The first-order valence-electron chi connectivity index (χ1n) is 10.1. The second-order valence-electron chi connectivity index (χ2n) is 7.19. The fourth-order valence-corrected chi connectivity index (χ4v) is 3.44. The molecule has 0 aromatic rings. The fraction of sp³-hybridized carbons (Fsp3) is 0.900. The number of carbonyl (C=O) groups is 2. The van der Waals surface area contributed by atoms with Crippen LogP contribution in [-0.2, 0) is 14.3 Å². The molecule has 0 aromatic heterocycles. The van der Waals surface area contributed by atoms with E-state index >= 15 is 0 Å². The maximum absolute atomic E-state index is 12.1. The summed E-state index contributed by atoms with van der Waals surface area (Å²) in [5.41, 5.74) is 0. The molecule has 1 rings (SSSR count). The molecule has 1 saturated carbocycles. The van der Waals surface area contributed by atoms with Crippen LogP contribution in [0.15, 0.2) is 0 Å². The zero-order chi connectivity index (χ0) is 17.6. The number of hydrogen-bond donors (Lipinski definition) is 1. The number of unbranched alkanes of at least 4 members (excludes halogenated alkanes) is 4. The van der Waals surface area contributed by atoms with E-state index in [2.05, 4.69) is 19.2 Å². The molecule has 1 fully saturated rings. The summed E-state index contributed by atoms with van der Waals surface area (Å²) in [6, 6.07) is 0. The van der Waals surface area contributed by atoms with E-state index in [1.165, 1.54) is 32.1 Å². The van der Waals surface area contributed by atoms with Gasteiger partial charge in [0.05, 0.1) is 12.5 Å². The van der Waals surface area contributed by atoms with Crippen LogP contribution in [0, 0.1) is 11.8 Å². The minimum atomic E-state index is -0.0684. The van der Waals surface area contributed by atoms with Gasteiger partial charge in [-0.05, 0) is 38.0 Å². The number of carbonyl (C=O) groups excluding carboxylic acids is 2. The van der Waals surface area contributed by atoms with Gasteiger partial charge in [0.1, 0.15) is 6.61 Å². The predicted octanol–water partition coefficient (Wildman–Crippen LogP) is 4.61. The van der Waals surface area contributed by atoms with Crippen molar-refractivity contribution < 1.29 is 14.3 Å². The van der Waals surface area contributed by atoms with Crippen LogP contribution in [0.1, 0.15) is 90.9 Å². The molecule has 4 nitrogen and oxygen atoms in total. The third-order valence-electron chi connectivity index (χ3n) is 5.07. The van der Waals surface area contributed by atoms with Gasteiger partial charge < -0.3 is 10.1 Å². The van der Waals surface area contributed by atoms with Gasteiger partial charge in [-0.25, -0.2) is 0 Å². The molecule has 0 spiro atoms. The molecule has 4 heteroatoms. The second-order valence-corrected chi connectivity index (χ2v) is 7.19. The molecule has 0 bridgehead atoms. The Morgan fingerprint density at radius 3 is 2.33 bits per heavy atom. The van der Waals surface area contributed by atoms with Crippen molar-refractivity contribution in [2.45, 2.75) is 90.9 Å². The summed E-state index contributed by atoms with van der Waals surface area (Å²) >= 11 is 0. The van der Waals surface area contributed by atoms with Crippen molar-refractivity contribution in [1.29, 1.82) is 0 Å². The summed E-state index contributed by atoms with van der Waals surface area (Å²) in [6.07, 6.45) is 13.1. The summed E-state index contributed by atoms with van der Waals surface area (Å²) < 4.78 is 5.34. The largest absolute Gasteiger partial charge is 0.464 e. The van der Waals surface area contributed by atoms with Crippen LogP contribution in [0.2, 0.25) is 0 Å². The van der Waals surface area contributed by atoms with Crippen LogP contribution >= 0.6 is 0 Å². The maximum atomic E-state index is 12.1. The predicted molar refractivity (Wildman–Crippen MR) is 97.7 cm³/mol. The summed E-state index contributed by atoms with van der Waals surface area (Å²) in [5, 5.41) is 2.83. The Morgan fingerprint density at radius 1 is 0.958 bits per heavy atom. The molecular formula is C20H37NO3. The van der Waals surface area contributed by atoms with Crippen molar-refractivity contribution in [2.24, 2.45) is 11.8 Å². The SMILES string of the molecule is CCCCCCC(=O)NCCOC(=O)C1CCC(CCCC)CC1. The van der Waals surface area contributed by atoms with Gasteiger partial charge in [0.2, 0.25) is 5.91 Å². The topological polar surface area (TPSA) is 55.4 Å². The first-order valence-corrected chi connectivity index (χ1v) is 10.1. The van der Waals surface area contributed by atoms with E-state index in [9.17, 15) is 9.59 Å². The van der Waals surface area contributed by atoms with Crippen molar-refractivity contribution in [3.63, 3.8) is 0 Å². The van der Waals surface area contributed by atoms with Gasteiger partial charge in [-0.15, -0.1) is 0 Å². The molecule has 0 aromatic carbocycles. The molecule has 0 radical (unpaired) electrons. The molecule has 0 aliphatic heterocycles. The lowest BCUT2D eigenvalue weighted by Gasteiger charge is -2.27. The zero-order valence-electron chi connectivity index (χ0n) is 15.8. The van der Waals surface area contributed by atoms with Crippen LogP contribution in [0.25, 0.3) is 0 Å². The number of amides is 1. The summed E-state index contributed by atoms with van der Waals surface area (Å²) in [4.78, 5) is 23.7. The molecule has 0 heterocycles. The highest BCUT2D eigenvalue weighted by Crippen LogP contribution is 2.32. The number of ether oxygens (including phenoxy) is 1. The molecule has 0 unspecified atom stereocenters. The fourth-order valence-electron chi connectivity index (χ4n) is 3.44. The van der Waals surface area contributed by atoms with E-state index in [0.717, 1.165) is 44.4 Å². The monoisotopic (exact) mass is 339 g/mol.